The maximum atomic E-state index is 8.92. The second kappa shape index (κ2) is 4.75. The Morgan fingerprint density at radius 2 is 2.25 bits per heavy atom. The van der Waals surface area contributed by atoms with Gasteiger partial charge in [0.05, 0.1) is 11.3 Å². The van der Waals surface area contributed by atoms with E-state index in [-0.39, 0.29) is 0 Å². The zero-order valence-electron chi connectivity index (χ0n) is 8.47. The molecule has 16 heavy (non-hydrogen) atoms. The molecule has 0 fully saturated rings. The molecule has 1 aromatic carbocycles. The van der Waals surface area contributed by atoms with Gasteiger partial charge in [0.1, 0.15) is 6.07 Å². The number of benzene rings is 1. The minimum absolute atomic E-state index is 0.485. The molecule has 0 atom stereocenters. The molecule has 4 nitrogen and oxygen atoms in total. The molecular weight excluding hydrogens is 220 g/mol. The normalized spacial score (nSPS) is 9.75. The van der Waals surface area contributed by atoms with Crippen LogP contribution < -0.4 is 11.1 Å². The molecule has 0 saturated carbocycles. The van der Waals surface area contributed by atoms with E-state index in [4.69, 9.17) is 11.0 Å². The van der Waals surface area contributed by atoms with Crippen LogP contribution in [0.1, 0.15) is 10.4 Å². The smallest absolute Gasteiger partial charge is 0.187 e. The molecule has 0 aliphatic rings. The summed E-state index contributed by atoms with van der Waals surface area (Å²) in [6.07, 6.45) is 1.74. The second-order valence-corrected chi connectivity index (χ2v) is 4.23. The van der Waals surface area contributed by atoms with E-state index in [1.165, 1.54) is 11.3 Å². The molecule has 0 aliphatic carbocycles. The maximum Gasteiger partial charge on any atom is 0.187 e. The van der Waals surface area contributed by atoms with Crippen LogP contribution in [-0.2, 0) is 6.54 Å². The van der Waals surface area contributed by atoms with Gasteiger partial charge in [-0.3, -0.25) is 0 Å². The van der Waals surface area contributed by atoms with Gasteiger partial charge in [-0.2, -0.15) is 5.26 Å². The largest absolute Gasteiger partial charge is 0.330 e. The Bertz CT molecular complexity index is 527. The van der Waals surface area contributed by atoms with E-state index in [1.807, 2.05) is 18.2 Å². The lowest BCUT2D eigenvalue weighted by Gasteiger charge is -2.03. The number of thiazole rings is 1. The molecule has 2 rings (SSSR count). The number of hydrogen-bond donors (Lipinski definition) is 2. The summed E-state index contributed by atoms with van der Waals surface area (Å²) in [6, 6.07) is 9.45. The van der Waals surface area contributed by atoms with Crippen LogP contribution in [-0.4, -0.2) is 4.98 Å². The van der Waals surface area contributed by atoms with Gasteiger partial charge in [-0.05, 0) is 12.1 Å². The minimum Gasteiger partial charge on any atom is -0.330 e. The first-order chi connectivity index (χ1) is 7.83. The fourth-order valence-corrected chi connectivity index (χ4v) is 1.97. The van der Waals surface area contributed by atoms with Gasteiger partial charge in [0.25, 0.3) is 0 Å². The van der Waals surface area contributed by atoms with Crippen molar-refractivity contribution in [1.29, 1.82) is 5.26 Å². The summed E-state index contributed by atoms with van der Waals surface area (Å²) in [7, 11) is 0. The number of anilines is 2. The van der Waals surface area contributed by atoms with Crippen LogP contribution in [0.3, 0.4) is 0 Å². The van der Waals surface area contributed by atoms with Crippen molar-refractivity contribution in [2.45, 2.75) is 6.54 Å². The number of rotatable bonds is 3. The van der Waals surface area contributed by atoms with Crippen molar-refractivity contribution in [3.8, 4) is 6.07 Å². The summed E-state index contributed by atoms with van der Waals surface area (Å²) in [5, 5.41) is 12.8. The van der Waals surface area contributed by atoms with E-state index in [2.05, 4.69) is 16.4 Å². The summed E-state index contributed by atoms with van der Waals surface area (Å²) < 4.78 is 0. The zero-order valence-corrected chi connectivity index (χ0v) is 9.29. The van der Waals surface area contributed by atoms with Gasteiger partial charge in [-0.15, -0.1) is 11.3 Å². The summed E-state index contributed by atoms with van der Waals surface area (Å²) in [5.41, 5.74) is 6.87. The Hall–Kier alpha value is -1.90. The fourth-order valence-electron chi connectivity index (χ4n) is 1.26. The van der Waals surface area contributed by atoms with Crippen LogP contribution in [0.15, 0.2) is 30.5 Å². The molecule has 80 valence electrons. The molecule has 2 aromatic rings. The van der Waals surface area contributed by atoms with E-state index < -0.39 is 0 Å². The van der Waals surface area contributed by atoms with Crippen molar-refractivity contribution in [1.82, 2.24) is 4.98 Å². The Morgan fingerprint density at radius 3 is 2.94 bits per heavy atom. The number of nitriles is 1. The van der Waals surface area contributed by atoms with Crippen LogP contribution >= 0.6 is 11.3 Å². The zero-order chi connectivity index (χ0) is 11.4. The van der Waals surface area contributed by atoms with Crippen LogP contribution in [0.4, 0.5) is 10.8 Å². The van der Waals surface area contributed by atoms with Crippen LogP contribution in [0.25, 0.3) is 0 Å². The highest BCUT2D eigenvalue weighted by Crippen LogP contribution is 2.24. The molecule has 1 aromatic heterocycles. The molecule has 0 saturated heterocycles. The van der Waals surface area contributed by atoms with Gasteiger partial charge in [-0.25, -0.2) is 4.98 Å². The second-order valence-electron chi connectivity index (χ2n) is 3.12. The van der Waals surface area contributed by atoms with Crippen molar-refractivity contribution in [3.05, 3.63) is 40.9 Å². The van der Waals surface area contributed by atoms with Crippen LogP contribution in [0.2, 0.25) is 0 Å². The molecule has 5 heteroatoms. The number of aromatic nitrogens is 1. The molecule has 1 heterocycles. The van der Waals surface area contributed by atoms with E-state index in [9.17, 15) is 0 Å². The van der Waals surface area contributed by atoms with Gasteiger partial charge >= 0.3 is 0 Å². The number of hydrogen-bond acceptors (Lipinski definition) is 5. The average molecular weight is 230 g/mol. The number of nitrogens with two attached hydrogens (primary N) is 1. The summed E-state index contributed by atoms with van der Waals surface area (Å²) in [6.45, 7) is 0.485. The molecule has 0 bridgehead atoms. The molecule has 0 amide bonds. The van der Waals surface area contributed by atoms with Crippen molar-refractivity contribution in [3.63, 3.8) is 0 Å². The lowest BCUT2D eigenvalue weighted by molar-refractivity contribution is 1.10. The van der Waals surface area contributed by atoms with E-state index in [1.54, 1.807) is 12.3 Å². The lowest BCUT2D eigenvalue weighted by Crippen LogP contribution is -1.92. The van der Waals surface area contributed by atoms with E-state index in [0.29, 0.717) is 12.1 Å². The predicted molar refractivity (Wildman–Crippen MR) is 64.4 cm³/mol. The Kier molecular flexibility index (Phi) is 3.15. The van der Waals surface area contributed by atoms with Crippen molar-refractivity contribution in [2.75, 3.05) is 5.32 Å². The third-order valence-corrected chi connectivity index (χ3v) is 2.98. The first-order valence-corrected chi connectivity index (χ1v) is 5.56. The van der Waals surface area contributed by atoms with Gasteiger partial charge in [0, 0.05) is 17.6 Å². The van der Waals surface area contributed by atoms with Crippen molar-refractivity contribution >= 4 is 22.2 Å². The number of nitrogens with one attached hydrogen (secondary N) is 1. The standard InChI is InChI=1S/C11H10N4S/c12-5-8-3-1-2-4-10(8)15-11-14-7-9(6-13)16-11/h1-4,7H,6,13H2,(H,14,15). The SMILES string of the molecule is N#Cc1ccccc1Nc1ncc(CN)s1. The highest BCUT2D eigenvalue weighted by Gasteiger charge is 2.04. The van der Waals surface area contributed by atoms with Crippen LogP contribution in [0, 0.1) is 11.3 Å². The third-order valence-electron chi connectivity index (χ3n) is 2.04. The minimum atomic E-state index is 0.485. The Balaban J connectivity index is 2.24. The molecular formula is C11H10N4S. The molecule has 0 spiro atoms. The molecule has 0 aliphatic heterocycles. The number of para-hydroxylation sites is 1. The van der Waals surface area contributed by atoms with E-state index in [0.717, 1.165) is 15.7 Å². The number of nitrogens with zero attached hydrogens (tertiary/aromatic N) is 2. The fraction of sp³-hybridized carbons (Fsp3) is 0.0909. The Morgan fingerprint density at radius 1 is 1.44 bits per heavy atom. The van der Waals surface area contributed by atoms with Gasteiger partial charge in [-0.1, -0.05) is 12.1 Å². The highest BCUT2D eigenvalue weighted by atomic mass is 32.1. The van der Waals surface area contributed by atoms with Gasteiger partial charge < -0.3 is 11.1 Å². The van der Waals surface area contributed by atoms with Gasteiger partial charge in [0.2, 0.25) is 0 Å². The van der Waals surface area contributed by atoms with Crippen molar-refractivity contribution in [2.24, 2.45) is 5.73 Å². The topological polar surface area (TPSA) is 74.7 Å². The summed E-state index contributed by atoms with van der Waals surface area (Å²) in [5.74, 6) is 0. The first kappa shape index (κ1) is 10.6. The predicted octanol–water partition coefficient (Wildman–Crippen LogP) is 2.22. The molecule has 0 unspecified atom stereocenters. The monoisotopic (exact) mass is 230 g/mol. The van der Waals surface area contributed by atoms with Crippen LogP contribution in [0.5, 0.6) is 0 Å². The average Bonchev–Trinajstić information content (AvgIpc) is 2.77. The summed E-state index contributed by atoms with van der Waals surface area (Å²) in [4.78, 5) is 5.19. The maximum absolute atomic E-state index is 8.92. The molecule has 3 N–H and O–H groups in total. The van der Waals surface area contributed by atoms with Gasteiger partial charge in [0.15, 0.2) is 5.13 Å². The quantitative estimate of drug-likeness (QED) is 0.847. The third kappa shape index (κ3) is 2.19. The highest BCUT2D eigenvalue weighted by molar-refractivity contribution is 7.15. The van der Waals surface area contributed by atoms with Crippen molar-refractivity contribution < 1.29 is 0 Å². The Labute approximate surface area is 97.4 Å². The molecule has 0 radical (unpaired) electrons. The summed E-state index contributed by atoms with van der Waals surface area (Å²) >= 11 is 1.49. The first-order valence-electron chi connectivity index (χ1n) is 4.74. The lowest BCUT2D eigenvalue weighted by atomic mass is 10.2. The van der Waals surface area contributed by atoms with E-state index >= 15 is 0 Å².